The van der Waals surface area contributed by atoms with E-state index in [1.165, 1.54) is 11.8 Å². The van der Waals surface area contributed by atoms with E-state index in [1.807, 2.05) is 75.6 Å². The number of anilines is 1. The minimum atomic E-state index is -0.0875. The molecule has 1 heterocycles. The molecule has 3 aromatic rings. The first kappa shape index (κ1) is 22.6. The molecular formula is C24H27N3O3S. The van der Waals surface area contributed by atoms with E-state index in [-0.39, 0.29) is 5.91 Å². The molecule has 2 aromatic carbocycles. The smallest absolute Gasteiger partial charge is 0.224 e. The third-order valence-corrected chi connectivity index (χ3v) is 5.26. The standard InChI is InChI=1S/C24H27N3O3S/c1-5-29-18-10-12-19(13-11-18)30-22-9-7-6-8-21(22)27-23(28)15-14-20-16(2)25-24(31-4)26-17(20)3/h6-13H,5,14-15H2,1-4H3,(H,27,28). The minimum Gasteiger partial charge on any atom is -0.494 e. The molecule has 7 heteroatoms. The maximum absolute atomic E-state index is 12.6. The molecule has 0 aliphatic rings. The molecule has 1 amide bonds. The van der Waals surface area contributed by atoms with Crippen molar-refractivity contribution in [3.63, 3.8) is 0 Å². The maximum Gasteiger partial charge on any atom is 0.224 e. The van der Waals surface area contributed by atoms with Crippen LogP contribution in [0.3, 0.4) is 0 Å². The summed E-state index contributed by atoms with van der Waals surface area (Å²) in [6, 6.07) is 14.8. The lowest BCUT2D eigenvalue weighted by molar-refractivity contribution is -0.116. The number of nitrogens with zero attached hydrogens (tertiary/aromatic N) is 2. The second kappa shape index (κ2) is 10.8. The Kier molecular flexibility index (Phi) is 7.89. The van der Waals surface area contributed by atoms with Crippen LogP contribution in [-0.2, 0) is 11.2 Å². The Labute approximate surface area is 187 Å². The number of nitrogens with one attached hydrogen (secondary N) is 1. The van der Waals surface area contributed by atoms with Crippen molar-refractivity contribution in [2.45, 2.75) is 38.8 Å². The molecule has 6 nitrogen and oxygen atoms in total. The largest absolute Gasteiger partial charge is 0.494 e. The zero-order valence-corrected chi connectivity index (χ0v) is 19.1. The summed E-state index contributed by atoms with van der Waals surface area (Å²) in [5, 5.41) is 3.71. The Bertz CT molecular complexity index is 1020. The van der Waals surface area contributed by atoms with Gasteiger partial charge in [0.1, 0.15) is 11.5 Å². The molecule has 31 heavy (non-hydrogen) atoms. The van der Waals surface area contributed by atoms with Crippen molar-refractivity contribution in [1.29, 1.82) is 0 Å². The minimum absolute atomic E-state index is 0.0875. The first-order valence-corrected chi connectivity index (χ1v) is 11.4. The number of hydrogen-bond donors (Lipinski definition) is 1. The van der Waals surface area contributed by atoms with Crippen LogP contribution in [0.2, 0.25) is 0 Å². The van der Waals surface area contributed by atoms with Gasteiger partial charge in [-0.15, -0.1) is 0 Å². The molecule has 0 fully saturated rings. The molecule has 162 valence electrons. The molecule has 1 aromatic heterocycles. The van der Waals surface area contributed by atoms with Gasteiger partial charge in [0.2, 0.25) is 5.91 Å². The van der Waals surface area contributed by atoms with Crippen molar-refractivity contribution in [2.24, 2.45) is 0 Å². The van der Waals surface area contributed by atoms with Gasteiger partial charge in [-0.05, 0) is 75.4 Å². The Morgan fingerprint density at radius 1 is 1.00 bits per heavy atom. The third-order valence-electron chi connectivity index (χ3n) is 4.71. The summed E-state index contributed by atoms with van der Waals surface area (Å²) >= 11 is 1.51. The number of aromatic nitrogens is 2. The van der Waals surface area contributed by atoms with E-state index in [9.17, 15) is 4.79 Å². The number of para-hydroxylation sites is 2. The Hall–Kier alpha value is -3.06. The highest BCUT2D eigenvalue weighted by Crippen LogP contribution is 2.30. The fraction of sp³-hybridized carbons (Fsp3) is 0.292. The van der Waals surface area contributed by atoms with Crippen molar-refractivity contribution in [2.75, 3.05) is 18.2 Å². The van der Waals surface area contributed by atoms with Crippen molar-refractivity contribution < 1.29 is 14.3 Å². The van der Waals surface area contributed by atoms with E-state index in [0.717, 1.165) is 27.9 Å². The molecule has 0 saturated carbocycles. The first-order chi connectivity index (χ1) is 15.0. The molecule has 0 unspecified atom stereocenters. The van der Waals surface area contributed by atoms with Crippen LogP contribution in [0.1, 0.15) is 30.3 Å². The number of hydrogen-bond acceptors (Lipinski definition) is 6. The molecule has 0 spiro atoms. The SMILES string of the molecule is CCOc1ccc(Oc2ccccc2NC(=O)CCc2c(C)nc(SC)nc2C)cc1. The van der Waals surface area contributed by atoms with Gasteiger partial charge in [0.05, 0.1) is 12.3 Å². The van der Waals surface area contributed by atoms with Crippen LogP contribution in [-0.4, -0.2) is 28.7 Å². The molecule has 0 atom stereocenters. The van der Waals surface area contributed by atoms with Gasteiger partial charge < -0.3 is 14.8 Å². The molecule has 0 radical (unpaired) electrons. The Morgan fingerprint density at radius 3 is 2.29 bits per heavy atom. The van der Waals surface area contributed by atoms with Crippen molar-refractivity contribution in [3.05, 3.63) is 65.5 Å². The predicted octanol–water partition coefficient (Wildman–Crippen LogP) is 5.58. The summed E-state index contributed by atoms with van der Waals surface area (Å²) in [5.74, 6) is 1.95. The van der Waals surface area contributed by atoms with Crippen molar-refractivity contribution >= 4 is 23.4 Å². The van der Waals surface area contributed by atoms with E-state index in [2.05, 4.69) is 15.3 Å². The normalized spacial score (nSPS) is 10.6. The topological polar surface area (TPSA) is 73.3 Å². The van der Waals surface area contributed by atoms with Gasteiger partial charge in [-0.1, -0.05) is 23.9 Å². The van der Waals surface area contributed by atoms with Crippen LogP contribution in [0.25, 0.3) is 0 Å². The average Bonchev–Trinajstić information content (AvgIpc) is 2.76. The van der Waals surface area contributed by atoms with E-state index in [4.69, 9.17) is 9.47 Å². The van der Waals surface area contributed by atoms with E-state index in [0.29, 0.717) is 36.6 Å². The van der Waals surface area contributed by atoms with Crippen molar-refractivity contribution in [1.82, 2.24) is 9.97 Å². The molecule has 3 rings (SSSR count). The third kappa shape index (κ3) is 6.21. The van der Waals surface area contributed by atoms with Gasteiger partial charge in [0.25, 0.3) is 0 Å². The summed E-state index contributed by atoms with van der Waals surface area (Å²) in [6.07, 6.45) is 2.87. The van der Waals surface area contributed by atoms with Crippen molar-refractivity contribution in [3.8, 4) is 17.2 Å². The van der Waals surface area contributed by atoms with E-state index < -0.39 is 0 Å². The number of thioether (sulfide) groups is 1. The summed E-state index contributed by atoms with van der Waals surface area (Å²) in [7, 11) is 0. The maximum atomic E-state index is 12.6. The lowest BCUT2D eigenvalue weighted by Gasteiger charge is -2.13. The molecule has 0 aliphatic heterocycles. The zero-order chi connectivity index (χ0) is 22.2. The van der Waals surface area contributed by atoms with Gasteiger partial charge >= 0.3 is 0 Å². The number of carbonyl (C=O) groups excluding carboxylic acids is 1. The summed E-state index contributed by atoms with van der Waals surface area (Å²) in [5.41, 5.74) is 3.49. The van der Waals surface area contributed by atoms with Gasteiger partial charge in [-0.2, -0.15) is 0 Å². The second-order valence-electron chi connectivity index (χ2n) is 6.91. The summed E-state index contributed by atoms with van der Waals surface area (Å²) in [6.45, 7) is 6.48. The number of aryl methyl sites for hydroxylation is 2. The molecule has 0 saturated heterocycles. The molecule has 0 aliphatic carbocycles. The fourth-order valence-electron chi connectivity index (χ4n) is 3.17. The van der Waals surface area contributed by atoms with Crippen LogP contribution in [0.15, 0.2) is 53.7 Å². The van der Waals surface area contributed by atoms with E-state index >= 15 is 0 Å². The molecular weight excluding hydrogens is 410 g/mol. The summed E-state index contributed by atoms with van der Waals surface area (Å²) in [4.78, 5) is 21.6. The predicted molar refractivity (Wildman–Crippen MR) is 124 cm³/mol. The number of amides is 1. The molecule has 1 N–H and O–H groups in total. The number of benzene rings is 2. The highest BCUT2D eigenvalue weighted by Gasteiger charge is 2.13. The molecule has 0 bridgehead atoms. The zero-order valence-electron chi connectivity index (χ0n) is 18.3. The highest BCUT2D eigenvalue weighted by atomic mass is 32.2. The quantitative estimate of drug-likeness (QED) is 0.348. The highest BCUT2D eigenvalue weighted by molar-refractivity contribution is 7.98. The van der Waals surface area contributed by atoms with Gasteiger partial charge in [0, 0.05) is 17.8 Å². The Morgan fingerprint density at radius 2 is 1.65 bits per heavy atom. The Balaban J connectivity index is 1.64. The number of rotatable bonds is 9. The fourth-order valence-corrected chi connectivity index (χ4v) is 3.63. The van der Waals surface area contributed by atoms with E-state index in [1.54, 1.807) is 0 Å². The second-order valence-corrected chi connectivity index (χ2v) is 7.68. The van der Waals surface area contributed by atoms with Gasteiger partial charge in [-0.3, -0.25) is 4.79 Å². The lowest BCUT2D eigenvalue weighted by atomic mass is 10.1. The van der Waals surface area contributed by atoms with Crippen LogP contribution in [0.5, 0.6) is 17.2 Å². The number of carbonyl (C=O) groups is 1. The van der Waals surface area contributed by atoms with Crippen LogP contribution < -0.4 is 14.8 Å². The monoisotopic (exact) mass is 437 g/mol. The van der Waals surface area contributed by atoms with Crippen LogP contribution >= 0.6 is 11.8 Å². The first-order valence-electron chi connectivity index (χ1n) is 10.2. The average molecular weight is 438 g/mol. The van der Waals surface area contributed by atoms with Crippen LogP contribution in [0.4, 0.5) is 5.69 Å². The van der Waals surface area contributed by atoms with Gasteiger partial charge in [0.15, 0.2) is 10.9 Å². The van der Waals surface area contributed by atoms with Crippen LogP contribution in [0, 0.1) is 13.8 Å². The number of ether oxygens (including phenoxy) is 2. The summed E-state index contributed by atoms with van der Waals surface area (Å²) < 4.78 is 11.4. The lowest BCUT2D eigenvalue weighted by Crippen LogP contribution is -2.14. The van der Waals surface area contributed by atoms with Gasteiger partial charge in [-0.25, -0.2) is 9.97 Å².